The second kappa shape index (κ2) is 24.0. The number of amidine groups is 1. The summed E-state index contributed by atoms with van der Waals surface area (Å²) < 4.78 is 10.9. The standard InChI is InChI=1S/C24H31N9O4.C22H27N7O4/c1-15(26)32-37-22(34)18-13-30-20(31-21-14-27-17(10-25)12-29-21)9-19(18)28-11-16-5-7-33(8-6-16)23(35)36-24(2,3)4;1-22(2,3)33-21(32)29-6-4-14(5-7-29)10-25-17-8-18(27-12-16(17)20(30)31)28-19-13-24-15(9-23)11-26-19/h9,12-14,16H,5-8,11H2,1-4H3,(H2,26,32)(H2,28,29,30,31);8,11-14H,4-7,10H2,1-3H3,(H,30,31)(H2,25,26,27,28). The summed E-state index contributed by atoms with van der Waals surface area (Å²) in [4.78, 5) is 81.6. The van der Waals surface area contributed by atoms with Crippen LogP contribution in [-0.4, -0.2) is 125 Å². The number of piperidine rings is 2. The zero-order chi connectivity index (χ0) is 51.0. The number of nitrogens with two attached hydrogens (primary N) is 1. The largest absolute Gasteiger partial charge is 0.478 e. The van der Waals surface area contributed by atoms with Crippen LogP contribution in [0, 0.1) is 34.5 Å². The van der Waals surface area contributed by atoms with Gasteiger partial charge in [0.25, 0.3) is 0 Å². The first kappa shape index (κ1) is 52.6. The van der Waals surface area contributed by atoms with Crippen LogP contribution >= 0.6 is 0 Å². The SMILES string of the molecule is C/C(N)=N\OC(=O)c1cnc(Nc2cnc(C#N)cn2)cc1NCC1CCN(C(=O)OC(C)(C)C)CC1.CC(C)(C)OC(=O)N1CCC(CNc2cc(Nc3cnc(C#N)cn3)ncc2C(=O)O)CC1. The molecule has 0 aromatic carbocycles. The van der Waals surface area contributed by atoms with Crippen molar-refractivity contribution in [2.24, 2.45) is 22.7 Å². The number of likely N-dealkylation sites (tertiary alicyclic amines) is 2. The van der Waals surface area contributed by atoms with Crippen molar-refractivity contribution in [2.75, 3.05) is 60.5 Å². The van der Waals surface area contributed by atoms with Crippen LogP contribution in [0.15, 0.2) is 54.5 Å². The number of pyridine rings is 2. The number of hydrogen-bond donors (Lipinski definition) is 6. The molecule has 0 atom stereocenters. The molecular weight excluding hydrogens is 905 g/mol. The summed E-state index contributed by atoms with van der Waals surface area (Å²) in [5.41, 5.74) is 5.91. The van der Waals surface area contributed by atoms with E-state index in [-0.39, 0.29) is 52.4 Å². The van der Waals surface area contributed by atoms with E-state index < -0.39 is 23.1 Å². The number of rotatable bonds is 13. The van der Waals surface area contributed by atoms with Crippen LogP contribution in [0.2, 0.25) is 0 Å². The Balaban J connectivity index is 0.000000262. The highest BCUT2D eigenvalue weighted by molar-refractivity contribution is 5.96. The Morgan fingerprint density at radius 1 is 0.671 bits per heavy atom. The van der Waals surface area contributed by atoms with Gasteiger partial charge in [-0.25, -0.2) is 49.1 Å². The molecule has 2 fully saturated rings. The van der Waals surface area contributed by atoms with Crippen LogP contribution in [0.3, 0.4) is 0 Å². The minimum absolute atomic E-state index is 0.0534. The smallest absolute Gasteiger partial charge is 0.410 e. The van der Waals surface area contributed by atoms with E-state index in [0.717, 1.165) is 25.7 Å². The number of nitrogens with zero attached hydrogens (tertiary/aromatic N) is 11. The number of nitriles is 2. The van der Waals surface area contributed by atoms with E-state index in [9.17, 15) is 24.3 Å². The van der Waals surface area contributed by atoms with Crippen LogP contribution in [-0.2, 0) is 14.3 Å². The maximum Gasteiger partial charge on any atom is 0.410 e. The van der Waals surface area contributed by atoms with Gasteiger partial charge in [-0.15, -0.1) is 0 Å². The number of oxime groups is 1. The highest BCUT2D eigenvalue weighted by Gasteiger charge is 2.29. The predicted octanol–water partition coefficient (Wildman–Crippen LogP) is 6.24. The van der Waals surface area contributed by atoms with Crippen molar-refractivity contribution in [3.63, 3.8) is 0 Å². The molecule has 2 aliphatic rings. The number of ether oxygens (including phenoxy) is 2. The van der Waals surface area contributed by atoms with Crippen LogP contribution in [0.4, 0.5) is 44.2 Å². The quantitative estimate of drug-likeness (QED) is 0.0374. The Bertz CT molecular complexity index is 2570. The number of carbonyl (C=O) groups is 4. The van der Waals surface area contributed by atoms with Crippen molar-refractivity contribution in [1.29, 1.82) is 10.5 Å². The van der Waals surface area contributed by atoms with Gasteiger partial charge in [-0.05, 0) is 86.0 Å². The molecule has 0 saturated carbocycles. The molecule has 7 N–H and O–H groups in total. The molecular formula is C46H58N16O8. The summed E-state index contributed by atoms with van der Waals surface area (Å²) in [5, 5.41) is 43.2. The van der Waals surface area contributed by atoms with Gasteiger partial charge in [0.05, 0.1) is 36.2 Å². The van der Waals surface area contributed by atoms with E-state index in [1.165, 1.54) is 44.1 Å². The van der Waals surface area contributed by atoms with Gasteiger partial charge < -0.3 is 56.2 Å². The Labute approximate surface area is 405 Å². The molecule has 6 rings (SSSR count). The van der Waals surface area contributed by atoms with Crippen molar-refractivity contribution in [3.8, 4) is 12.1 Å². The van der Waals surface area contributed by atoms with E-state index in [1.807, 2.05) is 53.7 Å². The Morgan fingerprint density at radius 3 is 1.43 bits per heavy atom. The van der Waals surface area contributed by atoms with Crippen LogP contribution < -0.4 is 27.0 Å². The van der Waals surface area contributed by atoms with Crippen LogP contribution in [0.1, 0.15) is 106 Å². The fourth-order valence-electron chi connectivity index (χ4n) is 6.80. The van der Waals surface area contributed by atoms with Gasteiger partial charge in [0.15, 0.2) is 11.4 Å². The zero-order valence-electron chi connectivity index (χ0n) is 40.1. The second-order valence-electron chi connectivity index (χ2n) is 18.3. The minimum atomic E-state index is -1.09. The molecule has 370 valence electrons. The third-order valence-electron chi connectivity index (χ3n) is 10.3. The van der Waals surface area contributed by atoms with Gasteiger partial charge in [0.2, 0.25) is 0 Å². The first-order valence-corrected chi connectivity index (χ1v) is 22.3. The van der Waals surface area contributed by atoms with Gasteiger partial charge in [0, 0.05) is 63.8 Å². The number of hydrogen-bond acceptors (Lipinski definition) is 20. The number of nitrogens with one attached hydrogen (secondary N) is 4. The van der Waals surface area contributed by atoms with Crippen molar-refractivity contribution < 1.29 is 38.6 Å². The number of carboxylic acid groups (broad SMARTS) is 1. The third-order valence-corrected chi connectivity index (χ3v) is 10.3. The van der Waals surface area contributed by atoms with Gasteiger partial charge in [0.1, 0.15) is 63.6 Å². The monoisotopic (exact) mass is 962 g/mol. The summed E-state index contributed by atoms with van der Waals surface area (Å²) in [7, 11) is 0. The number of anilines is 6. The molecule has 24 nitrogen and oxygen atoms in total. The molecule has 6 heterocycles. The van der Waals surface area contributed by atoms with Crippen LogP contribution in [0.25, 0.3) is 0 Å². The summed E-state index contributed by atoms with van der Waals surface area (Å²) in [6.45, 7) is 16.0. The molecule has 0 spiro atoms. The van der Waals surface area contributed by atoms with E-state index in [4.69, 9.17) is 30.6 Å². The fourth-order valence-corrected chi connectivity index (χ4v) is 6.80. The first-order chi connectivity index (χ1) is 33.2. The lowest BCUT2D eigenvalue weighted by molar-refractivity contribution is 0.0177. The molecule has 2 amide bonds. The number of amides is 2. The summed E-state index contributed by atoms with van der Waals surface area (Å²) in [6, 6.07) is 7.04. The fraction of sp³-hybridized carbons (Fsp3) is 0.457. The normalized spacial score (nSPS) is 14.4. The average molecular weight is 963 g/mol. The number of aromatic nitrogens is 6. The molecule has 2 saturated heterocycles. The molecule has 0 bridgehead atoms. The summed E-state index contributed by atoms with van der Waals surface area (Å²) >= 11 is 0. The number of carbonyl (C=O) groups excluding carboxylic acids is 3. The maximum atomic E-state index is 12.6. The third kappa shape index (κ3) is 16.7. The van der Waals surface area contributed by atoms with Crippen molar-refractivity contribution in [1.82, 2.24) is 39.7 Å². The highest BCUT2D eigenvalue weighted by atomic mass is 16.7. The topological polar surface area (TPSA) is 334 Å². The van der Waals surface area contributed by atoms with E-state index in [0.29, 0.717) is 73.9 Å². The molecule has 70 heavy (non-hydrogen) atoms. The lowest BCUT2D eigenvalue weighted by Crippen LogP contribution is -2.42. The lowest BCUT2D eigenvalue weighted by Gasteiger charge is -2.33. The van der Waals surface area contributed by atoms with E-state index in [2.05, 4.69) is 56.3 Å². The summed E-state index contributed by atoms with van der Waals surface area (Å²) in [6.07, 6.45) is 10.6. The van der Waals surface area contributed by atoms with Crippen molar-refractivity contribution >= 4 is 64.6 Å². The lowest BCUT2D eigenvalue weighted by atomic mass is 9.97. The Kier molecular flexibility index (Phi) is 18.1. The van der Waals surface area contributed by atoms with Crippen molar-refractivity contribution in [3.05, 3.63) is 71.8 Å². The maximum absolute atomic E-state index is 12.6. The van der Waals surface area contributed by atoms with Crippen molar-refractivity contribution in [2.45, 2.75) is 85.4 Å². The number of carboxylic acids is 1. The van der Waals surface area contributed by atoms with Gasteiger partial charge in [-0.2, -0.15) is 10.5 Å². The molecule has 4 aromatic rings. The van der Waals surface area contributed by atoms with Gasteiger partial charge >= 0.3 is 24.1 Å². The number of aromatic carboxylic acids is 1. The van der Waals surface area contributed by atoms with Gasteiger partial charge in [-0.1, -0.05) is 5.16 Å². The summed E-state index contributed by atoms with van der Waals surface area (Å²) in [5.74, 6) is 0.386. The molecule has 24 heteroatoms. The zero-order valence-corrected chi connectivity index (χ0v) is 40.1. The second-order valence-corrected chi connectivity index (χ2v) is 18.3. The molecule has 0 unspecified atom stereocenters. The van der Waals surface area contributed by atoms with E-state index in [1.54, 1.807) is 21.9 Å². The minimum Gasteiger partial charge on any atom is -0.478 e. The Morgan fingerprint density at radius 2 is 1.07 bits per heavy atom. The van der Waals surface area contributed by atoms with Gasteiger partial charge in [-0.3, -0.25) is 0 Å². The Hall–Kier alpha value is -8.41. The van der Waals surface area contributed by atoms with Crippen LogP contribution in [0.5, 0.6) is 0 Å². The van der Waals surface area contributed by atoms with E-state index >= 15 is 0 Å². The average Bonchev–Trinajstić information content (AvgIpc) is 3.32. The molecule has 0 radical (unpaired) electrons. The first-order valence-electron chi connectivity index (χ1n) is 22.3. The predicted molar refractivity (Wildman–Crippen MR) is 256 cm³/mol. The highest BCUT2D eigenvalue weighted by Crippen LogP contribution is 2.27. The molecule has 4 aromatic heterocycles. The molecule has 2 aliphatic heterocycles. The molecule has 0 aliphatic carbocycles.